The van der Waals surface area contributed by atoms with E-state index in [2.05, 4.69) is 15.9 Å². The quantitative estimate of drug-likeness (QED) is 0.725. The van der Waals surface area contributed by atoms with Crippen molar-refractivity contribution in [2.45, 2.75) is 17.6 Å². The molecule has 1 aliphatic heterocycles. The van der Waals surface area contributed by atoms with E-state index in [1.165, 1.54) is 4.31 Å². The molecule has 0 bridgehead atoms. The first kappa shape index (κ1) is 11.3. The lowest BCUT2D eigenvalue weighted by Crippen LogP contribution is -2.26. The van der Waals surface area contributed by atoms with Crippen LogP contribution in [0.25, 0.3) is 0 Å². The van der Waals surface area contributed by atoms with Gasteiger partial charge in [-0.25, -0.2) is 4.31 Å². The SMILES string of the molecule is FC(F)(F)CN1Cc2cc(Br)ccc2S1. The molecule has 1 heterocycles. The maximum Gasteiger partial charge on any atom is 0.402 e. The fraction of sp³-hybridized carbons (Fsp3) is 0.333. The van der Waals surface area contributed by atoms with E-state index in [9.17, 15) is 13.2 Å². The second-order valence-corrected chi connectivity index (χ2v) is 5.31. The lowest BCUT2D eigenvalue weighted by Gasteiger charge is -2.15. The van der Waals surface area contributed by atoms with Gasteiger partial charge in [0.15, 0.2) is 0 Å². The third kappa shape index (κ3) is 2.89. The van der Waals surface area contributed by atoms with Gasteiger partial charge in [0, 0.05) is 15.9 Å². The Bertz CT molecular complexity index is 380. The van der Waals surface area contributed by atoms with Crippen LogP contribution >= 0.6 is 27.9 Å². The molecule has 0 saturated heterocycles. The number of fused-ring (bicyclic) bond motifs is 1. The van der Waals surface area contributed by atoms with Crippen LogP contribution in [-0.4, -0.2) is 17.0 Å². The fourth-order valence-electron chi connectivity index (χ4n) is 1.41. The van der Waals surface area contributed by atoms with Crippen LogP contribution in [0.1, 0.15) is 5.56 Å². The van der Waals surface area contributed by atoms with Gasteiger partial charge >= 0.3 is 6.18 Å². The van der Waals surface area contributed by atoms with Gasteiger partial charge in [-0.3, -0.25) is 0 Å². The average molecular weight is 298 g/mol. The van der Waals surface area contributed by atoms with Crippen molar-refractivity contribution in [3.63, 3.8) is 0 Å². The van der Waals surface area contributed by atoms with E-state index in [0.717, 1.165) is 26.9 Å². The second kappa shape index (κ2) is 3.99. The maximum absolute atomic E-state index is 12.1. The van der Waals surface area contributed by atoms with Crippen molar-refractivity contribution in [3.8, 4) is 0 Å². The molecule has 0 radical (unpaired) electrons. The predicted octanol–water partition coefficient (Wildman–Crippen LogP) is 3.83. The van der Waals surface area contributed by atoms with Crippen LogP contribution in [0.5, 0.6) is 0 Å². The van der Waals surface area contributed by atoms with E-state index in [-0.39, 0.29) is 0 Å². The number of hydrogen-bond donors (Lipinski definition) is 0. The molecule has 0 spiro atoms. The molecule has 0 aromatic heterocycles. The summed E-state index contributed by atoms with van der Waals surface area (Å²) in [6.45, 7) is -0.525. The molecular formula is C9H7BrF3NS. The molecule has 1 aromatic carbocycles. The molecular weight excluding hydrogens is 291 g/mol. The third-order valence-corrected chi connectivity index (χ3v) is 3.56. The Labute approximate surface area is 97.9 Å². The Morgan fingerprint density at radius 3 is 2.80 bits per heavy atom. The van der Waals surface area contributed by atoms with Gasteiger partial charge in [0.2, 0.25) is 0 Å². The van der Waals surface area contributed by atoms with Crippen LogP contribution in [0.15, 0.2) is 27.6 Å². The van der Waals surface area contributed by atoms with Crippen molar-refractivity contribution in [1.29, 1.82) is 0 Å². The summed E-state index contributed by atoms with van der Waals surface area (Å²) in [7, 11) is 0. The van der Waals surface area contributed by atoms with Crippen molar-refractivity contribution >= 4 is 27.9 Å². The van der Waals surface area contributed by atoms with Gasteiger partial charge in [0.25, 0.3) is 0 Å². The van der Waals surface area contributed by atoms with Crippen LogP contribution in [0.4, 0.5) is 13.2 Å². The molecule has 0 saturated carbocycles. The van der Waals surface area contributed by atoms with Crippen LogP contribution in [-0.2, 0) is 6.54 Å². The van der Waals surface area contributed by atoms with Crippen molar-refractivity contribution in [2.75, 3.05) is 6.54 Å². The largest absolute Gasteiger partial charge is 0.402 e. The van der Waals surface area contributed by atoms with Crippen molar-refractivity contribution < 1.29 is 13.2 Å². The molecule has 0 aliphatic carbocycles. The molecule has 1 aromatic rings. The summed E-state index contributed by atoms with van der Waals surface area (Å²) in [5, 5.41) is 0. The smallest absolute Gasteiger partial charge is 0.233 e. The van der Waals surface area contributed by atoms with Crippen molar-refractivity contribution in [3.05, 3.63) is 28.2 Å². The number of rotatable bonds is 1. The summed E-state index contributed by atoms with van der Waals surface area (Å²) < 4.78 is 38.7. The van der Waals surface area contributed by atoms with E-state index in [4.69, 9.17) is 0 Å². The van der Waals surface area contributed by atoms with Crippen LogP contribution < -0.4 is 0 Å². The highest BCUT2D eigenvalue weighted by Crippen LogP contribution is 2.38. The lowest BCUT2D eigenvalue weighted by molar-refractivity contribution is -0.135. The van der Waals surface area contributed by atoms with Gasteiger partial charge < -0.3 is 0 Å². The highest BCUT2D eigenvalue weighted by Gasteiger charge is 2.33. The van der Waals surface area contributed by atoms with Gasteiger partial charge in [-0.1, -0.05) is 15.9 Å². The molecule has 0 amide bonds. The van der Waals surface area contributed by atoms with Crippen LogP contribution in [0, 0.1) is 0 Å². The Kier molecular flexibility index (Phi) is 3.00. The normalized spacial score (nSPS) is 16.8. The zero-order valence-electron chi connectivity index (χ0n) is 7.51. The summed E-state index contributed by atoms with van der Waals surface area (Å²) in [6, 6.07) is 5.53. The summed E-state index contributed by atoms with van der Waals surface area (Å²) in [4.78, 5) is 0.905. The molecule has 0 unspecified atom stereocenters. The first-order valence-electron chi connectivity index (χ1n) is 4.22. The molecule has 82 valence electrons. The van der Waals surface area contributed by atoms with E-state index >= 15 is 0 Å². The first-order chi connectivity index (χ1) is 6.94. The maximum atomic E-state index is 12.1. The summed E-state index contributed by atoms with van der Waals surface area (Å²) in [5.41, 5.74) is 0.943. The Hall–Kier alpha value is -0.200. The Morgan fingerprint density at radius 2 is 2.13 bits per heavy atom. The highest BCUT2D eigenvalue weighted by atomic mass is 79.9. The predicted molar refractivity (Wildman–Crippen MR) is 56.5 cm³/mol. The van der Waals surface area contributed by atoms with Crippen molar-refractivity contribution in [2.24, 2.45) is 0 Å². The highest BCUT2D eigenvalue weighted by molar-refractivity contribution is 9.10. The zero-order chi connectivity index (χ0) is 11.1. The first-order valence-corrected chi connectivity index (χ1v) is 5.79. The molecule has 1 nitrogen and oxygen atoms in total. The lowest BCUT2D eigenvalue weighted by atomic mass is 10.2. The van der Waals surface area contributed by atoms with Gasteiger partial charge in [0.05, 0.1) is 0 Å². The molecule has 2 rings (SSSR count). The minimum Gasteiger partial charge on any atom is -0.233 e. The number of benzene rings is 1. The second-order valence-electron chi connectivity index (χ2n) is 3.26. The molecule has 0 fully saturated rings. The number of nitrogens with zero attached hydrogens (tertiary/aromatic N) is 1. The molecule has 1 aliphatic rings. The minimum atomic E-state index is -4.13. The van der Waals surface area contributed by atoms with Crippen LogP contribution in [0.2, 0.25) is 0 Å². The monoisotopic (exact) mass is 297 g/mol. The summed E-state index contributed by atoms with van der Waals surface area (Å²) in [6.07, 6.45) is -4.13. The standard InChI is InChI=1S/C9H7BrF3NS/c10-7-1-2-8-6(3-7)4-14(15-8)5-9(11,12)13/h1-3H,4-5H2. The molecule has 0 N–H and O–H groups in total. The van der Waals surface area contributed by atoms with Crippen molar-refractivity contribution in [1.82, 2.24) is 4.31 Å². The summed E-state index contributed by atoms with van der Waals surface area (Å²) >= 11 is 4.46. The summed E-state index contributed by atoms with van der Waals surface area (Å²) in [5.74, 6) is 0. The van der Waals surface area contributed by atoms with Gasteiger partial charge in [-0.05, 0) is 35.7 Å². The van der Waals surface area contributed by atoms with Crippen LogP contribution in [0.3, 0.4) is 0 Å². The van der Waals surface area contributed by atoms with Gasteiger partial charge in [-0.15, -0.1) is 0 Å². The zero-order valence-corrected chi connectivity index (χ0v) is 9.92. The van der Waals surface area contributed by atoms with E-state index in [1.807, 2.05) is 18.2 Å². The van der Waals surface area contributed by atoms with Gasteiger partial charge in [0.1, 0.15) is 6.54 Å². The third-order valence-electron chi connectivity index (χ3n) is 1.95. The number of alkyl halides is 3. The fourth-order valence-corrected chi connectivity index (χ4v) is 2.88. The average Bonchev–Trinajstić information content (AvgIpc) is 2.42. The molecule has 6 heteroatoms. The minimum absolute atomic E-state index is 0.346. The Balaban J connectivity index is 2.09. The van der Waals surface area contributed by atoms with E-state index < -0.39 is 12.7 Å². The molecule has 0 atom stereocenters. The molecule has 15 heavy (non-hydrogen) atoms. The number of hydrogen-bond acceptors (Lipinski definition) is 2. The van der Waals surface area contributed by atoms with E-state index in [0.29, 0.717) is 6.54 Å². The van der Waals surface area contributed by atoms with E-state index in [1.54, 1.807) is 0 Å². The Morgan fingerprint density at radius 1 is 1.40 bits per heavy atom. The number of halogens is 4. The van der Waals surface area contributed by atoms with Gasteiger partial charge in [-0.2, -0.15) is 13.2 Å². The topological polar surface area (TPSA) is 3.24 Å².